The normalized spacial score (nSPS) is 10.5. The molecule has 0 fully saturated rings. The number of aromatic nitrogens is 2. The van der Waals surface area contributed by atoms with E-state index in [2.05, 4.69) is 9.97 Å². The first kappa shape index (κ1) is 13.3. The van der Waals surface area contributed by atoms with Crippen LogP contribution >= 0.6 is 0 Å². The van der Waals surface area contributed by atoms with Crippen molar-refractivity contribution in [2.45, 2.75) is 20.3 Å². The van der Waals surface area contributed by atoms with Gasteiger partial charge in [-0.2, -0.15) is 0 Å². The van der Waals surface area contributed by atoms with E-state index in [9.17, 15) is 9.18 Å². The van der Waals surface area contributed by atoms with E-state index in [1.807, 2.05) is 6.92 Å². The van der Waals surface area contributed by atoms with Crippen LogP contribution in [0.1, 0.15) is 18.2 Å². The zero-order chi connectivity index (χ0) is 14.0. The van der Waals surface area contributed by atoms with Crippen molar-refractivity contribution < 1.29 is 9.13 Å². The van der Waals surface area contributed by atoms with E-state index in [1.54, 1.807) is 13.0 Å². The molecule has 4 nitrogen and oxygen atoms in total. The summed E-state index contributed by atoms with van der Waals surface area (Å²) in [5.74, 6) is 0.0362. The molecule has 1 aromatic heterocycles. The number of benzene rings is 1. The molecule has 0 aliphatic carbocycles. The summed E-state index contributed by atoms with van der Waals surface area (Å²) in [4.78, 5) is 18.8. The van der Waals surface area contributed by atoms with Gasteiger partial charge in [-0.1, -0.05) is 6.92 Å². The van der Waals surface area contributed by atoms with E-state index in [4.69, 9.17) is 4.74 Å². The maximum Gasteiger partial charge on any atom is 0.254 e. The van der Waals surface area contributed by atoms with E-state index in [1.165, 1.54) is 19.2 Å². The second-order valence-corrected chi connectivity index (χ2v) is 4.18. The molecule has 0 radical (unpaired) electrons. The lowest BCUT2D eigenvalue weighted by Gasteiger charge is -2.07. The number of halogens is 1. The van der Waals surface area contributed by atoms with Gasteiger partial charge < -0.3 is 9.72 Å². The third-order valence-corrected chi connectivity index (χ3v) is 3.00. The Balaban J connectivity index is 2.54. The average Bonchev–Trinajstić information content (AvgIpc) is 2.38. The fourth-order valence-corrected chi connectivity index (χ4v) is 1.98. The van der Waals surface area contributed by atoms with E-state index in [0.717, 1.165) is 0 Å². The van der Waals surface area contributed by atoms with E-state index < -0.39 is 5.82 Å². The van der Waals surface area contributed by atoms with Gasteiger partial charge in [0.25, 0.3) is 5.56 Å². The zero-order valence-electron chi connectivity index (χ0n) is 11.1. The first-order valence-corrected chi connectivity index (χ1v) is 6.00. The Hall–Kier alpha value is -2.17. The summed E-state index contributed by atoms with van der Waals surface area (Å²) in [6.45, 7) is 3.67. The van der Waals surface area contributed by atoms with Crippen LogP contribution in [0.2, 0.25) is 0 Å². The van der Waals surface area contributed by atoms with Gasteiger partial charge in [0.2, 0.25) is 0 Å². The maximum atomic E-state index is 13.6. The predicted octanol–water partition coefficient (Wildman–Crippen LogP) is 2.46. The summed E-state index contributed by atoms with van der Waals surface area (Å²) in [7, 11) is 1.40. The summed E-state index contributed by atoms with van der Waals surface area (Å²) < 4.78 is 18.5. The van der Waals surface area contributed by atoms with Gasteiger partial charge in [0, 0.05) is 16.8 Å². The smallest absolute Gasteiger partial charge is 0.254 e. The molecule has 0 unspecified atom stereocenters. The number of aromatic amines is 1. The van der Waals surface area contributed by atoms with Crippen molar-refractivity contribution in [1.82, 2.24) is 9.97 Å². The molecule has 1 N–H and O–H groups in total. The minimum absolute atomic E-state index is 0.160. The lowest BCUT2D eigenvalue weighted by Crippen LogP contribution is -2.16. The van der Waals surface area contributed by atoms with Crippen LogP contribution in [-0.4, -0.2) is 17.1 Å². The van der Waals surface area contributed by atoms with Crippen LogP contribution in [0.4, 0.5) is 4.39 Å². The highest BCUT2D eigenvalue weighted by Crippen LogP contribution is 2.23. The molecule has 2 aromatic rings. The SMILES string of the molecule is CCc1c(C)nc(-c2ccc(OC)c(F)c2)[nH]c1=O. The van der Waals surface area contributed by atoms with Gasteiger partial charge in [-0.15, -0.1) is 0 Å². The summed E-state index contributed by atoms with van der Waals surface area (Å²) in [6, 6.07) is 4.46. The number of nitrogens with zero attached hydrogens (tertiary/aromatic N) is 1. The van der Waals surface area contributed by atoms with E-state index in [0.29, 0.717) is 29.1 Å². The molecule has 5 heteroatoms. The van der Waals surface area contributed by atoms with Crippen LogP contribution in [0, 0.1) is 12.7 Å². The van der Waals surface area contributed by atoms with Crippen molar-refractivity contribution in [3.8, 4) is 17.1 Å². The fourth-order valence-electron chi connectivity index (χ4n) is 1.98. The molecule has 0 aliphatic heterocycles. The lowest BCUT2D eigenvalue weighted by atomic mass is 10.1. The van der Waals surface area contributed by atoms with Crippen molar-refractivity contribution in [3.05, 3.63) is 45.6 Å². The van der Waals surface area contributed by atoms with Crippen LogP contribution in [0.5, 0.6) is 5.75 Å². The molecule has 0 saturated heterocycles. The van der Waals surface area contributed by atoms with Gasteiger partial charge in [0.05, 0.1) is 7.11 Å². The van der Waals surface area contributed by atoms with Gasteiger partial charge in [0.1, 0.15) is 5.82 Å². The number of aryl methyl sites for hydroxylation is 1. The topological polar surface area (TPSA) is 55.0 Å². The third-order valence-electron chi connectivity index (χ3n) is 3.00. The Labute approximate surface area is 110 Å². The van der Waals surface area contributed by atoms with Crippen LogP contribution < -0.4 is 10.3 Å². The Kier molecular flexibility index (Phi) is 3.64. The molecular formula is C14H15FN2O2. The van der Waals surface area contributed by atoms with Crippen molar-refractivity contribution >= 4 is 0 Å². The van der Waals surface area contributed by atoms with Crippen molar-refractivity contribution in [2.24, 2.45) is 0 Å². The number of ether oxygens (including phenoxy) is 1. The fraction of sp³-hybridized carbons (Fsp3) is 0.286. The van der Waals surface area contributed by atoms with Gasteiger partial charge >= 0.3 is 0 Å². The first-order chi connectivity index (χ1) is 9.06. The Bertz CT molecular complexity index is 665. The van der Waals surface area contributed by atoms with Crippen molar-refractivity contribution in [3.63, 3.8) is 0 Å². The van der Waals surface area contributed by atoms with Gasteiger partial charge in [0.15, 0.2) is 11.6 Å². The summed E-state index contributed by atoms with van der Waals surface area (Å²) >= 11 is 0. The molecule has 0 aliphatic rings. The molecule has 19 heavy (non-hydrogen) atoms. The first-order valence-electron chi connectivity index (χ1n) is 6.00. The molecule has 0 bridgehead atoms. The van der Waals surface area contributed by atoms with Crippen LogP contribution in [0.15, 0.2) is 23.0 Å². The summed E-state index contributed by atoms with van der Waals surface area (Å²) in [5.41, 5.74) is 1.65. The predicted molar refractivity (Wildman–Crippen MR) is 70.9 cm³/mol. The molecule has 2 rings (SSSR count). The average molecular weight is 262 g/mol. The zero-order valence-corrected chi connectivity index (χ0v) is 11.1. The lowest BCUT2D eigenvalue weighted by molar-refractivity contribution is 0.386. The third kappa shape index (κ3) is 2.50. The Morgan fingerprint density at radius 2 is 2.16 bits per heavy atom. The second-order valence-electron chi connectivity index (χ2n) is 4.18. The monoisotopic (exact) mass is 262 g/mol. The molecule has 0 spiro atoms. The molecule has 1 aromatic carbocycles. The maximum absolute atomic E-state index is 13.6. The Morgan fingerprint density at radius 3 is 2.68 bits per heavy atom. The minimum atomic E-state index is -0.486. The summed E-state index contributed by atoms with van der Waals surface area (Å²) in [6.07, 6.45) is 0.616. The number of hydrogen-bond acceptors (Lipinski definition) is 3. The molecule has 0 saturated carbocycles. The number of methoxy groups -OCH3 is 1. The standard InChI is InChI=1S/C14H15FN2O2/c1-4-10-8(2)16-13(17-14(10)18)9-5-6-12(19-3)11(15)7-9/h5-7H,4H2,1-3H3,(H,16,17,18). The second kappa shape index (κ2) is 5.22. The number of H-pyrrole nitrogens is 1. The van der Waals surface area contributed by atoms with Gasteiger partial charge in [-0.3, -0.25) is 4.79 Å². The summed E-state index contributed by atoms with van der Waals surface area (Å²) in [5, 5.41) is 0. The molecule has 1 heterocycles. The molecule has 0 amide bonds. The van der Waals surface area contributed by atoms with Gasteiger partial charge in [-0.05, 0) is 31.5 Å². The molecule has 100 valence electrons. The van der Waals surface area contributed by atoms with Gasteiger partial charge in [-0.25, -0.2) is 9.37 Å². The molecular weight excluding hydrogens is 247 g/mol. The van der Waals surface area contributed by atoms with Crippen LogP contribution in [0.25, 0.3) is 11.4 Å². The van der Waals surface area contributed by atoms with E-state index >= 15 is 0 Å². The minimum Gasteiger partial charge on any atom is -0.494 e. The number of hydrogen-bond donors (Lipinski definition) is 1. The quantitative estimate of drug-likeness (QED) is 0.924. The van der Waals surface area contributed by atoms with E-state index in [-0.39, 0.29) is 11.3 Å². The molecule has 0 atom stereocenters. The highest BCUT2D eigenvalue weighted by molar-refractivity contribution is 5.56. The highest BCUT2D eigenvalue weighted by Gasteiger charge is 2.10. The van der Waals surface area contributed by atoms with Crippen LogP contribution in [-0.2, 0) is 6.42 Å². The largest absolute Gasteiger partial charge is 0.494 e. The highest BCUT2D eigenvalue weighted by atomic mass is 19.1. The number of rotatable bonds is 3. The van der Waals surface area contributed by atoms with Crippen molar-refractivity contribution in [1.29, 1.82) is 0 Å². The van der Waals surface area contributed by atoms with Crippen LogP contribution in [0.3, 0.4) is 0 Å². The van der Waals surface area contributed by atoms with Crippen molar-refractivity contribution in [2.75, 3.05) is 7.11 Å². The number of nitrogens with one attached hydrogen (secondary N) is 1. The Morgan fingerprint density at radius 1 is 1.42 bits per heavy atom.